The molecule has 0 saturated heterocycles. The second kappa shape index (κ2) is 10.2. The van der Waals surface area contributed by atoms with Crippen molar-refractivity contribution in [3.63, 3.8) is 0 Å². The molecule has 0 radical (unpaired) electrons. The summed E-state index contributed by atoms with van der Waals surface area (Å²) in [5, 5.41) is 3.11. The van der Waals surface area contributed by atoms with Gasteiger partial charge in [0.1, 0.15) is 5.75 Å². The third kappa shape index (κ3) is 6.39. The lowest BCUT2D eigenvalue weighted by molar-refractivity contribution is 0.314. The predicted molar refractivity (Wildman–Crippen MR) is 113 cm³/mol. The number of aryl methyl sites for hydroxylation is 2. The van der Waals surface area contributed by atoms with Gasteiger partial charge in [0, 0.05) is 11.3 Å². The largest absolute Gasteiger partial charge is 0.493 e. The second-order valence-electron chi connectivity index (χ2n) is 5.66. The van der Waals surface area contributed by atoms with Gasteiger partial charge in [0.05, 0.1) is 13.2 Å². The highest BCUT2D eigenvalue weighted by atomic mass is 127. The van der Waals surface area contributed by atoms with Crippen LogP contribution in [0.3, 0.4) is 0 Å². The molecular formula is C19H26IN3O. The molecule has 130 valence electrons. The lowest BCUT2D eigenvalue weighted by Crippen LogP contribution is -2.22. The fraction of sp³-hybridized carbons (Fsp3) is 0.316. The molecular weight excluding hydrogens is 413 g/mol. The molecule has 0 aliphatic carbocycles. The number of hydrogen-bond donors (Lipinski definition) is 2. The molecule has 5 heteroatoms. The van der Waals surface area contributed by atoms with Crippen molar-refractivity contribution in [1.82, 2.24) is 0 Å². The molecule has 3 N–H and O–H groups in total. The van der Waals surface area contributed by atoms with Crippen molar-refractivity contribution in [2.75, 3.05) is 11.9 Å². The SMILES string of the molecule is CCCOc1cc(C)ccc1CN=C(N)Nc1cccc(C)c1.I. The van der Waals surface area contributed by atoms with Crippen molar-refractivity contribution in [2.24, 2.45) is 10.7 Å². The molecule has 2 aromatic rings. The zero-order chi connectivity index (χ0) is 16.7. The number of nitrogens with zero attached hydrogens (tertiary/aromatic N) is 1. The van der Waals surface area contributed by atoms with Crippen LogP contribution in [0.2, 0.25) is 0 Å². The van der Waals surface area contributed by atoms with Crippen LogP contribution in [0.4, 0.5) is 5.69 Å². The van der Waals surface area contributed by atoms with E-state index in [1.54, 1.807) is 0 Å². The van der Waals surface area contributed by atoms with E-state index in [0.29, 0.717) is 19.1 Å². The minimum Gasteiger partial charge on any atom is -0.493 e. The number of nitrogens with two attached hydrogens (primary N) is 1. The number of ether oxygens (including phenoxy) is 1. The highest BCUT2D eigenvalue weighted by molar-refractivity contribution is 14.0. The van der Waals surface area contributed by atoms with Crippen LogP contribution in [0.1, 0.15) is 30.0 Å². The number of nitrogens with one attached hydrogen (secondary N) is 1. The topological polar surface area (TPSA) is 59.6 Å². The van der Waals surface area contributed by atoms with Crippen LogP contribution in [0.5, 0.6) is 5.75 Å². The van der Waals surface area contributed by atoms with Gasteiger partial charge >= 0.3 is 0 Å². The first kappa shape index (κ1) is 20.3. The minimum atomic E-state index is 0. The van der Waals surface area contributed by atoms with Crippen molar-refractivity contribution in [3.05, 3.63) is 59.2 Å². The summed E-state index contributed by atoms with van der Waals surface area (Å²) in [7, 11) is 0. The molecule has 0 fully saturated rings. The van der Waals surface area contributed by atoms with Gasteiger partial charge in [-0.15, -0.1) is 24.0 Å². The van der Waals surface area contributed by atoms with Crippen molar-refractivity contribution >= 4 is 35.6 Å². The molecule has 0 amide bonds. The number of anilines is 1. The molecule has 2 rings (SSSR count). The smallest absolute Gasteiger partial charge is 0.193 e. The first-order chi connectivity index (χ1) is 11.1. The van der Waals surface area contributed by atoms with E-state index in [1.165, 1.54) is 11.1 Å². The van der Waals surface area contributed by atoms with Crippen molar-refractivity contribution in [1.29, 1.82) is 0 Å². The van der Waals surface area contributed by atoms with Gasteiger partial charge in [-0.2, -0.15) is 0 Å². The van der Waals surface area contributed by atoms with Gasteiger partial charge in [0.15, 0.2) is 5.96 Å². The summed E-state index contributed by atoms with van der Waals surface area (Å²) in [6.07, 6.45) is 0.980. The molecule has 2 aromatic carbocycles. The zero-order valence-corrected chi connectivity index (χ0v) is 16.8. The Morgan fingerprint density at radius 3 is 2.58 bits per heavy atom. The monoisotopic (exact) mass is 439 g/mol. The molecule has 0 aliphatic heterocycles. The van der Waals surface area contributed by atoms with E-state index in [4.69, 9.17) is 10.5 Å². The normalized spacial score (nSPS) is 10.9. The Labute approximate surface area is 161 Å². The number of aliphatic imine (C=N–C) groups is 1. The number of hydrogen-bond acceptors (Lipinski definition) is 2. The van der Waals surface area contributed by atoms with Crippen LogP contribution in [0.25, 0.3) is 0 Å². The van der Waals surface area contributed by atoms with Gasteiger partial charge in [0.25, 0.3) is 0 Å². The third-order valence-electron chi connectivity index (χ3n) is 3.39. The van der Waals surface area contributed by atoms with Gasteiger partial charge in [-0.05, 0) is 49.6 Å². The van der Waals surface area contributed by atoms with E-state index in [1.807, 2.05) is 43.3 Å². The molecule has 0 saturated carbocycles. The summed E-state index contributed by atoms with van der Waals surface area (Å²) in [5.41, 5.74) is 10.3. The van der Waals surface area contributed by atoms with Crippen LogP contribution in [0.15, 0.2) is 47.5 Å². The van der Waals surface area contributed by atoms with Crippen LogP contribution in [-0.4, -0.2) is 12.6 Å². The lowest BCUT2D eigenvalue weighted by atomic mass is 10.1. The summed E-state index contributed by atoms with van der Waals surface area (Å²) in [4.78, 5) is 4.42. The highest BCUT2D eigenvalue weighted by Crippen LogP contribution is 2.21. The molecule has 0 bridgehead atoms. The van der Waals surface area contributed by atoms with E-state index in [9.17, 15) is 0 Å². The molecule has 0 spiro atoms. The van der Waals surface area contributed by atoms with E-state index >= 15 is 0 Å². The molecule has 0 atom stereocenters. The Bertz CT molecular complexity index is 686. The van der Waals surface area contributed by atoms with E-state index in [-0.39, 0.29) is 24.0 Å². The first-order valence-electron chi connectivity index (χ1n) is 7.94. The zero-order valence-electron chi connectivity index (χ0n) is 14.5. The van der Waals surface area contributed by atoms with Gasteiger partial charge in [-0.25, -0.2) is 4.99 Å². The Morgan fingerprint density at radius 1 is 1.12 bits per heavy atom. The Kier molecular flexibility index (Phi) is 8.60. The second-order valence-corrected chi connectivity index (χ2v) is 5.66. The van der Waals surface area contributed by atoms with E-state index in [0.717, 1.165) is 23.4 Å². The maximum Gasteiger partial charge on any atom is 0.193 e. The molecule has 0 unspecified atom stereocenters. The van der Waals surface area contributed by atoms with Gasteiger partial charge in [-0.1, -0.05) is 31.2 Å². The first-order valence-corrected chi connectivity index (χ1v) is 7.94. The van der Waals surface area contributed by atoms with Crippen LogP contribution >= 0.6 is 24.0 Å². The van der Waals surface area contributed by atoms with Crippen molar-refractivity contribution < 1.29 is 4.74 Å². The average Bonchev–Trinajstić information content (AvgIpc) is 2.52. The average molecular weight is 439 g/mol. The van der Waals surface area contributed by atoms with Gasteiger partial charge in [0.2, 0.25) is 0 Å². The summed E-state index contributed by atoms with van der Waals surface area (Å²) in [6, 6.07) is 14.2. The third-order valence-corrected chi connectivity index (χ3v) is 3.39. The summed E-state index contributed by atoms with van der Waals surface area (Å²) >= 11 is 0. The Balaban J connectivity index is 0.00000288. The molecule has 4 nitrogen and oxygen atoms in total. The lowest BCUT2D eigenvalue weighted by Gasteiger charge is -2.11. The highest BCUT2D eigenvalue weighted by Gasteiger charge is 2.04. The summed E-state index contributed by atoms with van der Waals surface area (Å²) in [6.45, 7) is 7.39. The maximum atomic E-state index is 5.98. The standard InChI is InChI=1S/C19H25N3O.HI/c1-4-10-23-18-12-15(3)8-9-16(18)13-21-19(20)22-17-7-5-6-14(2)11-17;/h5-9,11-12H,4,10,13H2,1-3H3,(H3,20,21,22);1H. The molecule has 0 aliphatic rings. The molecule has 24 heavy (non-hydrogen) atoms. The van der Waals surface area contributed by atoms with E-state index in [2.05, 4.69) is 30.2 Å². The maximum absolute atomic E-state index is 5.98. The van der Waals surface area contributed by atoms with Gasteiger partial charge in [-0.3, -0.25) is 0 Å². The predicted octanol–water partition coefficient (Wildman–Crippen LogP) is 4.64. The fourth-order valence-corrected chi connectivity index (χ4v) is 2.22. The summed E-state index contributed by atoms with van der Waals surface area (Å²) < 4.78 is 5.80. The quantitative estimate of drug-likeness (QED) is 0.392. The molecule has 0 heterocycles. The van der Waals surface area contributed by atoms with Crippen LogP contribution in [0, 0.1) is 13.8 Å². The van der Waals surface area contributed by atoms with Crippen molar-refractivity contribution in [2.45, 2.75) is 33.7 Å². The number of rotatable bonds is 6. The molecule has 0 aromatic heterocycles. The van der Waals surface area contributed by atoms with Crippen molar-refractivity contribution in [3.8, 4) is 5.75 Å². The Morgan fingerprint density at radius 2 is 1.88 bits per heavy atom. The van der Waals surface area contributed by atoms with Crippen LogP contribution < -0.4 is 15.8 Å². The fourth-order valence-electron chi connectivity index (χ4n) is 2.22. The van der Waals surface area contributed by atoms with Crippen LogP contribution in [-0.2, 0) is 6.54 Å². The van der Waals surface area contributed by atoms with Gasteiger partial charge < -0.3 is 15.8 Å². The number of benzene rings is 2. The summed E-state index contributed by atoms with van der Waals surface area (Å²) in [5.74, 6) is 1.29. The number of halogens is 1. The Hall–Kier alpha value is -1.76. The minimum absolute atomic E-state index is 0. The van der Waals surface area contributed by atoms with E-state index < -0.39 is 0 Å². The number of guanidine groups is 1.